The smallest absolute Gasteiger partial charge is 0.120 e. The van der Waals surface area contributed by atoms with Gasteiger partial charge in [0, 0.05) is 6.04 Å². The lowest BCUT2D eigenvalue weighted by atomic mass is 9.81. The Morgan fingerprint density at radius 2 is 2.17 bits per heavy atom. The summed E-state index contributed by atoms with van der Waals surface area (Å²) in [6, 6.07) is 5.03. The zero-order valence-electron chi connectivity index (χ0n) is 12.0. The molecule has 0 radical (unpaired) electrons. The zero-order valence-corrected chi connectivity index (χ0v) is 12.0. The van der Waals surface area contributed by atoms with Gasteiger partial charge in [-0.1, -0.05) is 26.7 Å². The molecule has 1 aliphatic carbocycles. The molecule has 0 aliphatic heterocycles. The molecule has 0 spiro atoms. The second-order valence-corrected chi connectivity index (χ2v) is 6.26. The van der Waals surface area contributed by atoms with Crippen molar-refractivity contribution in [2.75, 3.05) is 0 Å². The van der Waals surface area contributed by atoms with Gasteiger partial charge >= 0.3 is 0 Å². The van der Waals surface area contributed by atoms with E-state index in [4.69, 9.17) is 4.42 Å². The molecule has 0 bridgehead atoms. The van der Waals surface area contributed by atoms with E-state index in [1.165, 1.54) is 32.1 Å². The van der Waals surface area contributed by atoms with E-state index in [1.54, 1.807) is 6.26 Å². The molecule has 18 heavy (non-hydrogen) atoms. The van der Waals surface area contributed by atoms with Gasteiger partial charge in [0.2, 0.25) is 0 Å². The first-order chi connectivity index (χ1) is 8.65. The van der Waals surface area contributed by atoms with Gasteiger partial charge in [-0.15, -0.1) is 0 Å². The molecule has 3 atom stereocenters. The second kappa shape index (κ2) is 6.42. The second-order valence-electron chi connectivity index (χ2n) is 6.26. The van der Waals surface area contributed by atoms with Crippen molar-refractivity contribution >= 4 is 0 Å². The van der Waals surface area contributed by atoms with Crippen molar-refractivity contribution in [2.24, 2.45) is 11.8 Å². The molecule has 0 saturated heterocycles. The lowest BCUT2D eigenvalue weighted by molar-refractivity contribution is 0.236. The molecule has 1 heterocycles. The molecule has 102 valence electrons. The van der Waals surface area contributed by atoms with Crippen molar-refractivity contribution < 1.29 is 4.42 Å². The predicted octanol–water partition coefficient (Wildman–Crippen LogP) is 4.54. The van der Waals surface area contributed by atoms with E-state index < -0.39 is 0 Å². The van der Waals surface area contributed by atoms with E-state index in [2.05, 4.69) is 32.2 Å². The highest BCUT2D eigenvalue weighted by Crippen LogP contribution is 2.30. The average Bonchev–Trinajstić information content (AvgIpc) is 2.81. The predicted molar refractivity (Wildman–Crippen MR) is 75.5 cm³/mol. The average molecular weight is 249 g/mol. The van der Waals surface area contributed by atoms with Crippen molar-refractivity contribution in [3.63, 3.8) is 0 Å². The Balaban J connectivity index is 1.82. The summed E-state index contributed by atoms with van der Waals surface area (Å²) in [5, 5.41) is 3.73. The number of furan rings is 1. The van der Waals surface area contributed by atoms with Crippen LogP contribution in [0.5, 0.6) is 0 Å². The molecule has 2 rings (SSSR count). The summed E-state index contributed by atoms with van der Waals surface area (Å²) < 4.78 is 5.47. The normalized spacial score (nSPS) is 26.4. The van der Waals surface area contributed by atoms with Crippen molar-refractivity contribution in [3.8, 4) is 0 Å². The molecule has 1 aromatic heterocycles. The largest absolute Gasteiger partial charge is 0.468 e. The van der Waals surface area contributed by atoms with Crippen LogP contribution in [0.15, 0.2) is 22.8 Å². The number of hydrogen-bond donors (Lipinski definition) is 1. The van der Waals surface area contributed by atoms with Crippen molar-refractivity contribution in [3.05, 3.63) is 24.2 Å². The van der Waals surface area contributed by atoms with Crippen molar-refractivity contribution in [1.29, 1.82) is 0 Å². The summed E-state index contributed by atoms with van der Waals surface area (Å²) in [6.07, 6.45) is 8.59. The SMILES string of the molecule is CC(C)CC1CCCC(N[C@@H](C)c2ccco2)C1. The van der Waals surface area contributed by atoms with Crippen molar-refractivity contribution in [1.82, 2.24) is 5.32 Å². The molecular formula is C16H27NO. The zero-order chi connectivity index (χ0) is 13.0. The van der Waals surface area contributed by atoms with Crippen LogP contribution < -0.4 is 5.32 Å². The van der Waals surface area contributed by atoms with Gasteiger partial charge in [-0.2, -0.15) is 0 Å². The van der Waals surface area contributed by atoms with Gasteiger partial charge < -0.3 is 9.73 Å². The number of nitrogens with one attached hydrogen (secondary N) is 1. The molecular weight excluding hydrogens is 222 g/mol. The lowest BCUT2D eigenvalue weighted by Gasteiger charge is -2.32. The van der Waals surface area contributed by atoms with Gasteiger partial charge in [0.05, 0.1) is 12.3 Å². The van der Waals surface area contributed by atoms with Gasteiger partial charge in [0.15, 0.2) is 0 Å². The molecule has 2 heteroatoms. The van der Waals surface area contributed by atoms with Crippen LogP contribution in [0.25, 0.3) is 0 Å². The van der Waals surface area contributed by atoms with Gasteiger partial charge in [-0.25, -0.2) is 0 Å². The minimum Gasteiger partial charge on any atom is -0.468 e. The van der Waals surface area contributed by atoms with Crippen LogP contribution in [0.1, 0.15) is 64.7 Å². The van der Waals surface area contributed by atoms with Gasteiger partial charge in [0.25, 0.3) is 0 Å². The third-order valence-electron chi connectivity index (χ3n) is 4.04. The molecule has 1 aromatic rings. The molecule has 2 nitrogen and oxygen atoms in total. The Bertz CT molecular complexity index is 331. The Morgan fingerprint density at radius 1 is 1.33 bits per heavy atom. The van der Waals surface area contributed by atoms with E-state index >= 15 is 0 Å². The summed E-state index contributed by atoms with van der Waals surface area (Å²) in [7, 11) is 0. The van der Waals surface area contributed by atoms with E-state index in [1.807, 2.05) is 6.07 Å². The third-order valence-corrected chi connectivity index (χ3v) is 4.04. The first-order valence-electron chi connectivity index (χ1n) is 7.44. The maximum atomic E-state index is 5.47. The first kappa shape index (κ1) is 13.7. The fourth-order valence-corrected chi connectivity index (χ4v) is 3.30. The van der Waals surface area contributed by atoms with Crippen LogP contribution >= 0.6 is 0 Å². The summed E-state index contributed by atoms with van der Waals surface area (Å²) >= 11 is 0. The van der Waals surface area contributed by atoms with Crippen LogP contribution in [0.4, 0.5) is 0 Å². The third kappa shape index (κ3) is 3.88. The van der Waals surface area contributed by atoms with E-state index in [0.29, 0.717) is 12.1 Å². The molecule has 0 aromatic carbocycles. The van der Waals surface area contributed by atoms with Crippen molar-refractivity contribution in [2.45, 2.75) is 65.0 Å². The van der Waals surface area contributed by atoms with Crippen LogP contribution in [-0.4, -0.2) is 6.04 Å². The fraction of sp³-hybridized carbons (Fsp3) is 0.750. The minimum absolute atomic E-state index is 0.336. The molecule has 1 N–H and O–H groups in total. The monoisotopic (exact) mass is 249 g/mol. The van der Waals surface area contributed by atoms with Crippen LogP contribution in [0.2, 0.25) is 0 Å². The highest BCUT2D eigenvalue weighted by Gasteiger charge is 2.24. The topological polar surface area (TPSA) is 25.2 Å². The van der Waals surface area contributed by atoms with Crippen LogP contribution in [0.3, 0.4) is 0 Å². The molecule has 0 amide bonds. The molecule has 1 saturated carbocycles. The van der Waals surface area contributed by atoms with Gasteiger partial charge in [0.1, 0.15) is 5.76 Å². The van der Waals surface area contributed by atoms with Gasteiger partial charge in [-0.05, 0) is 50.2 Å². The standard InChI is InChI=1S/C16H27NO/c1-12(2)10-14-6-4-7-15(11-14)17-13(3)16-8-5-9-18-16/h5,8-9,12-15,17H,4,6-7,10-11H2,1-3H3/t13-,14?,15?/m0/s1. The van der Waals surface area contributed by atoms with Crippen LogP contribution in [0, 0.1) is 11.8 Å². The summed E-state index contributed by atoms with van der Waals surface area (Å²) in [6.45, 7) is 6.87. The van der Waals surface area contributed by atoms with E-state index in [0.717, 1.165) is 17.6 Å². The summed E-state index contributed by atoms with van der Waals surface area (Å²) in [5.74, 6) is 2.80. The first-order valence-corrected chi connectivity index (χ1v) is 7.44. The Hall–Kier alpha value is -0.760. The maximum absolute atomic E-state index is 5.47. The van der Waals surface area contributed by atoms with Crippen LogP contribution in [-0.2, 0) is 0 Å². The number of rotatable bonds is 5. The van der Waals surface area contributed by atoms with Gasteiger partial charge in [-0.3, -0.25) is 0 Å². The molecule has 2 unspecified atom stereocenters. The van der Waals surface area contributed by atoms with E-state index in [9.17, 15) is 0 Å². The Labute approximate surface area is 111 Å². The Kier molecular flexibility index (Phi) is 4.87. The molecule has 1 aliphatic rings. The number of hydrogen-bond acceptors (Lipinski definition) is 2. The highest BCUT2D eigenvalue weighted by atomic mass is 16.3. The maximum Gasteiger partial charge on any atom is 0.120 e. The minimum atomic E-state index is 0.336. The fourth-order valence-electron chi connectivity index (χ4n) is 3.30. The quantitative estimate of drug-likeness (QED) is 0.829. The summed E-state index contributed by atoms with van der Waals surface area (Å²) in [5.41, 5.74) is 0. The summed E-state index contributed by atoms with van der Waals surface area (Å²) in [4.78, 5) is 0. The lowest BCUT2D eigenvalue weighted by Crippen LogP contribution is -2.36. The molecule has 1 fully saturated rings. The Morgan fingerprint density at radius 3 is 2.83 bits per heavy atom. The van der Waals surface area contributed by atoms with E-state index in [-0.39, 0.29) is 0 Å². The highest BCUT2D eigenvalue weighted by molar-refractivity contribution is 5.03.